The van der Waals surface area contributed by atoms with Crippen molar-refractivity contribution in [3.05, 3.63) is 29.6 Å². The summed E-state index contributed by atoms with van der Waals surface area (Å²) in [6, 6.07) is 2.17. The molecule has 0 bridgehead atoms. The summed E-state index contributed by atoms with van der Waals surface area (Å²) in [6.45, 7) is 0.605. The number of rotatable bonds is 2. The first kappa shape index (κ1) is 9.49. The number of hydrogen-bond donors (Lipinski definition) is 1. The van der Waals surface area contributed by atoms with Crippen LogP contribution >= 0.6 is 12.4 Å². The number of pyridine rings is 1. The number of aromatic nitrogens is 1. The van der Waals surface area contributed by atoms with Gasteiger partial charge in [0.1, 0.15) is 0 Å². The van der Waals surface area contributed by atoms with Crippen LogP contribution in [0.15, 0.2) is 18.5 Å². The zero-order valence-corrected chi connectivity index (χ0v) is 7.68. The van der Waals surface area contributed by atoms with Crippen molar-refractivity contribution in [1.82, 2.24) is 4.98 Å². The van der Waals surface area contributed by atoms with Crippen LogP contribution in [-0.4, -0.2) is 4.98 Å². The van der Waals surface area contributed by atoms with E-state index in [9.17, 15) is 0 Å². The summed E-state index contributed by atoms with van der Waals surface area (Å²) in [5.41, 5.74) is 8.02. The number of nitrogens with zero attached hydrogens (tertiary/aromatic N) is 1. The molecule has 3 heteroatoms. The van der Waals surface area contributed by atoms with Gasteiger partial charge in [0.15, 0.2) is 0 Å². The normalized spacial score (nSPS) is 15.4. The van der Waals surface area contributed by atoms with Gasteiger partial charge >= 0.3 is 0 Å². The smallest absolute Gasteiger partial charge is 0.0312 e. The van der Waals surface area contributed by atoms with E-state index in [1.54, 1.807) is 0 Å². The van der Waals surface area contributed by atoms with Crippen molar-refractivity contribution in [2.24, 2.45) is 5.73 Å². The summed E-state index contributed by atoms with van der Waals surface area (Å²) in [4.78, 5) is 4.14. The second kappa shape index (κ2) is 3.87. The molecule has 0 atom stereocenters. The molecule has 1 aromatic heterocycles. The van der Waals surface area contributed by atoms with Gasteiger partial charge in [0.25, 0.3) is 0 Å². The molecule has 0 aromatic carbocycles. The Hall–Kier alpha value is -0.600. The molecular weight excluding hydrogens is 172 g/mol. The molecule has 2 rings (SSSR count). The second-order valence-corrected chi connectivity index (χ2v) is 3.10. The quantitative estimate of drug-likeness (QED) is 0.762. The van der Waals surface area contributed by atoms with Crippen molar-refractivity contribution in [3.63, 3.8) is 0 Å². The van der Waals surface area contributed by atoms with E-state index in [-0.39, 0.29) is 12.4 Å². The highest BCUT2D eigenvalue weighted by molar-refractivity contribution is 5.85. The van der Waals surface area contributed by atoms with Crippen molar-refractivity contribution in [1.29, 1.82) is 0 Å². The summed E-state index contributed by atoms with van der Waals surface area (Å²) < 4.78 is 0. The lowest BCUT2D eigenvalue weighted by atomic mass is 10.1. The van der Waals surface area contributed by atoms with Crippen LogP contribution in [0.3, 0.4) is 0 Å². The minimum Gasteiger partial charge on any atom is -0.326 e. The largest absolute Gasteiger partial charge is 0.326 e. The molecule has 2 nitrogen and oxygen atoms in total. The molecule has 0 saturated heterocycles. The van der Waals surface area contributed by atoms with Gasteiger partial charge in [-0.2, -0.15) is 0 Å². The van der Waals surface area contributed by atoms with E-state index >= 15 is 0 Å². The SMILES string of the molecule is Cl.NCc1cncc(C2CC2)c1. The summed E-state index contributed by atoms with van der Waals surface area (Å²) in [6.07, 6.45) is 6.45. The molecule has 66 valence electrons. The Morgan fingerprint density at radius 1 is 1.42 bits per heavy atom. The average Bonchev–Trinajstić information content (AvgIpc) is 2.87. The highest BCUT2D eigenvalue weighted by Crippen LogP contribution is 2.39. The zero-order valence-electron chi connectivity index (χ0n) is 6.86. The van der Waals surface area contributed by atoms with Crippen molar-refractivity contribution in [2.45, 2.75) is 25.3 Å². The molecule has 0 aliphatic heterocycles. The fourth-order valence-corrected chi connectivity index (χ4v) is 1.26. The van der Waals surface area contributed by atoms with Crippen LogP contribution in [0.25, 0.3) is 0 Å². The first-order valence-electron chi connectivity index (χ1n) is 4.04. The highest BCUT2D eigenvalue weighted by atomic mass is 35.5. The maximum Gasteiger partial charge on any atom is 0.0312 e. The van der Waals surface area contributed by atoms with Gasteiger partial charge in [-0.1, -0.05) is 6.07 Å². The van der Waals surface area contributed by atoms with Gasteiger partial charge in [0, 0.05) is 18.9 Å². The summed E-state index contributed by atoms with van der Waals surface area (Å²) in [5.74, 6) is 0.786. The molecule has 1 aromatic rings. The van der Waals surface area contributed by atoms with E-state index in [4.69, 9.17) is 5.73 Å². The lowest BCUT2D eigenvalue weighted by molar-refractivity contribution is 1.01. The second-order valence-electron chi connectivity index (χ2n) is 3.10. The Bertz CT molecular complexity index is 258. The molecule has 0 amide bonds. The van der Waals surface area contributed by atoms with Crippen molar-refractivity contribution in [3.8, 4) is 0 Å². The van der Waals surface area contributed by atoms with Gasteiger partial charge in [0.2, 0.25) is 0 Å². The lowest BCUT2D eigenvalue weighted by Crippen LogP contribution is -1.97. The van der Waals surface area contributed by atoms with Gasteiger partial charge in [-0.3, -0.25) is 4.98 Å². The number of halogens is 1. The third kappa shape index (κ3) is 1.96. The fourth-order valence-electron chi connectivity index (χ4n) is 1.26. The van der Waals surface area contributed by atoms with Crippen LogP contribution in [-0.2, 0) is 6.54 Å². The van der Waals surface area contributed by atoms with Crippen LogP contribution in [0, 0.1) is 0 Å². The topological polar surface area (TPSA) is 38.9 Å². The summed E-state index contributed by atoms with van der Waals surface area (Å²) >= 11 is 0. The summed E-state index contributed by atoms with van der Waals surface area (Å²) in [5, 5.41) is 0. The Morgan fingerprint density at radius 2 is 2.17 bits per heavy atom. The van der Waals surface area contributed by atoms with E-state index in [2.05, 4.69) is 11.1 Å². The predicted molar refractivity (Wildman–Crippen MR) is 51.4 cm³/mol. The van der Waals surface area contributed by atoms with Crippen molar-refractivity contribution >= 4 is 12.4 Å². The predicted octanol–water partition coefficient (Wildman–Crippen LogP) is 1.84. The lowest BCUT2D eigenvalue weighted by Gasteiger charge is -1.99. The molecule has 1 fully saturated rings. The Labute approximate surface area is 78.6 Å². The number of hydrogen-bond acceptors (Lipinski definition) is 2. The minimum absolute atomic E-state index is 0. The maximum absolute atomic E-state index is 5.50. The fraction of sp³-hybridized carbons (Fsp3) is 0.444. The Kier molecular flexibility index (Phi) is 3.06. The van der Waals surface area contributed by atoms with Crippen molar-refractivity contribution < 1.29 is 0 Å². The molecule has 2 N–H and O–H groups in total. The van der Waals surface area contributed by atoms with E-state index < -0.39 is 0 Å². The van der Waals surface area contributed by atoms with Crippen molar-refractivity contribution in [2.75, 3.05) is 0 Å². The Balaban J connectivity index is 0.000000720. The standard InChI is InChI=1S/C9H12N2.ClH/c10-4-7-3-9(6-11-5-7)8-1-2-8;/h3,5-6,8H,1-2,4,10H2;1H. The van der Waals surface area contributed by atoms with Crippen LogP contribution in [0.2, 0.25) is 0 Å². The van der Waals surface area contributed by atoms with Gasteiger partial charge in [-0.05, 0) is 29.9 Å². The van der Waals surface area contributed by atoms with Crippen LogP contribution in [0.5, 0.6) is 0 Å². The van der Waals surface area contributed by atoms with Crippen LogP contribution < -0.4 is 5.73 Å². The van der Waals surface area contributed by atoms with Gasteiger partial charge < -0.3 is 5.73 Å². The molecule has 12 heavy (non-hydrogen) atoms. The van der Waals surface area contributed by atoms with E-state index in [0.717, 1.165) is 11.5 Å². The molecule has 1 aliphatic rings. The molecule has 1 aliphatic carbocycles. The average molecular weight is 185 g/mol. The van der Waals surface area contributed by atoms with E-state index in [1.807, 2.05) is 12.4 Å². The van der Waals surface area contributed by atoms with Crippen LogP contribution in [0.1, 0.15) is 29.9 Å². The first-order chi connectivity index (χ1) is 5.40. The van der Waals surface area contributed by atoms with E-state index in [0.29, 0.717) is 6.54 Å². The maximum atomic E-state index is 5.50. The summed E-state index contributed by atoms with van der Waals surface area (Å²) in [7, 11) is 0. The van der Waals surface area contributed by atoms with Crippen LogP contribution in [0.4, 0.5) is 0 Å². The highest BCUT2D eigenvalue weighted by Gasteiger charge is 2.23. The zero-order chi connectivity index (χ0) is 7.68. The molecule has 0 radical (unpaired) electrons. The third-order valence-corrected chi connectivity index (χ3v) is 2.10. The third-order valence-electron chi connectivity index (χ3n) is 2.10. The molecule has 0 spiro atoms. The molecular formula is C9H13ClN2. The van der Waals surface area contributed by atoms with E-state index in [1.165, 1.54) is 18.4 Å². The minimum atomic E-state index is 0. The van der Waals surface area contributed by atoms with Gasteiger partial charge in [-0.25, -0.2) is 0 Å². The monoisotopic (exact) mass is 184 g/mol. The van der Waals surface area contributed by atoms with Gasteiger partial charge in [-0.15, -0.1) is 12.4 Å². The Morgan fingerprint density at radius 3 is 2.75 bits per heavy atom. The molecule has 1 heterocycles. The van der Waals surface area contributed by atoms with Gasteiger partial charge in [0.05, 0.1) is 0 Å². The number of nitrogens with two attached hydrogens (primary N) is 1. The molecule has 1 saturated carbocycles. The first-order valence-corrected chi connectivity index (χ1v) is 4.04. The molecule has 0 unspecified atom stereocenters.